The topological polar surface area (TPSA) is 35.5 Å². The summed E-state index contributed by atoms with van der Waals surface area (Å²) in [7, 11) is 0.0222. The molecule has 184 valence electrons. The molecule has 0 heterocycles. The summed E-state index contributed by atoms with van der Waals surface area (Å²) in [4.78, 5) is 13.4. The second-order valence-electron chi connectivity index (χ2n) is 9.96. The Labute approximate surface area is 223 Å². The van der Waals surface area contributed by atoms with Crippen molar-refractivity contribution in [2.75, 3.05) is 13.2 Å². The van der Waals surface area contributed by atoms with Crippen molar-refractivity contribution in [3.05, 3.63) is 52.6 Å². The Morgan fingerprint density at radius 3 is 1.97 bits per heavy atom. The summed E-state index contributed by atoms with van der Waals surface area (Å²) in [5.41, 5.74) is 4.45. The van der Waals surface area contributed by atoms with Crippen LogP contribution in [0.25, 0.3) is 0 Å². The van der Waals surface area contributed by atoms with E-state index in [1.165, 1.54) is 18.4 Å². The van der Waals surface area contributed by atoms with Gasteiger partial charge in [-0.1, -0.05) is 72.4 Å². The third-order valence-electron chi connectivity index (χ3n) is 5.85. The Kier molecular flexibility index (Phi) is 13.6. The third kappa shape index (κ3) is 9.41. The quantitative estimate of drug-likeness (QED) is 0.231. The smallest absolute Gasteiger partial charge is 1.00 e. The molecule has 2 aromatic rings. The maximum atomic E-state index is 13.4. The summed E-state index contributed by atoms with van der Waals surface area (Å²) in [5.74, 6) is 1.60. The molecule has 5 heteroatoms. The van der Waals surface area contributed by atoms with Crippen LogP contribution in [0.4, 0.5) is 0 Å². The van der Waals surface area contributed by atoms with E-state index in [0.29, 0.717) is 13.2 Å². The number of aryl methyl sites for hydroxylation is 2. The van der Waals surface area contributed by atoms with Gasteiger partial charge in [0.05, 0.1) is 13.2 Å². The molecule has 0 aliphatic carbocycles. The zero-order chi connectivity index (χ0) is 24.4. The van der Waals surface area contributed by atoms with E-state index in [0.717, 1.165) is 59.2 Å². The van der Waals surface area contributed by atoms with Crippen molar-refractivity contribution >= 4 is 19.4 Å². The Balaban J connectivity index is 0.00000578. The van der Waals surface area contributed by atoms with Crippen LogP contribution in [0.5, 0.6) is 11.5 Å². The van der Waals surface area contributed by atoms with E-state index in [-0.39, 0.29) is 39.8 Å². The van der Waals surface area contributed by atoms with Crippen LogP contribution in [-0.2, 0) is 5.41 Å². The fraction of sp³-hybridized carbons (Fsp3) is 0.552. The van der Waals surface area contributed by atoms with Crippen LogP contribution >= 0.6 is 8.58 Å². The normalized spacial score (nSPS) is 11.5. The molecule has 34 heavy (non-hydrogen) atoms. The molecule has 0 bridgehead atoms. The zero-order valence-electron chi connectivity index (χ0n) is 23.8. The van der Waals surface area contributed by atoms with Crippen molar-refractivity contribution in [1.82, 2.24) is 0 Å². The second kappa shape index (κ2) is 15.0. The first-order chi connectivity index (χ1) is 15.7. The van der Waals surface area contributed by atoms with Gasteiger partial charge < -0.3 is 10.9 Å². The van der Waals surface area contributed by atoms with E-state index < -0.39 is 0 Å². The summed E-state index contributed by atoms with van der Waals surface area (Å²) in [6.45, 7) is 16.5. The zero-order valence-corrected chi connectivity index (χ0v) is 23.8. The first-order valence-corrected chi connectivity index (χ1v) is 13.5. The molecule has 0 aliphatic rings. The number of hydrogen-bond donors (Lipinski definition) is 0. The molecule has 0 N–H and O–H groups in total. The molecule has 0 saturated carbocycles. The van der Waals surface area contributed by atoms with E-state index in [2.05, 4.69) is 60.6 Å². The maximum absolute atomic E-state index is 13.4. The summed E-state index contributed by atoms with van der Waals surface area (Å²) < 4.78 is 12.1. The van der Waals surface area contributed by atoms with Gasteiger partial charge in [0.15, 0.2) is 5.52 Å². The largest absolute Gasteiger partial charge is 1.00 e. The van der Waals surface area contributed by atoms with Crippen molar-refractivity contribution in [2.45, 2.75) is 92.4 Å². The first kappa shape index (κ1) is 30.8. The van der Waals surface area contributed by atoms with Gasteiger partial charge in [0.1, 0.15) is 11.5 Å². The van der Waals surface area contributed by atoms with Crippen LogP contribution in [0.15, 0.2) is 30.3 Å². The van der Waals surface area contributed by atoms with E-state index in [9.17, 15) is 4.79 Å². The molecule has 2 aromatic carbocycles. The van der Waals surface area contributed by atoms with Gasteiger partial charge >= 0.3 is 18.9 Å². The monoisotopic (exact) mass is 478 g/mol. The van der Waals surface area contributed by atoms with Gasteiger partial charge in [-0.25, -0.2) is 0 Å². The Hall–Kier alpha value is -1.26. The Morgan fingerprint density at radius 2 is 1.44 bits per heavy atom. The van der Waals surface area contributed by atoms with Crippen molar-refractivity contribution in [1.29, 1.82) is 0 Å². The summed E-state index contributed by atoms with van der Waals surface area (Å²) in [6, 6.07) is 10.3. The fourth-order valence-corrected chi connectivity index (χ4v) is 5.03. The molecule has 0 saturated heterocycles. The van der Waals surface area contributed by atoms with E-state index in [4.69, 9.17) is 9.47 Å². The Bertz CT molecular complexity index is 902. The minimum atomic E-state index is 0. The van der Waals surface area contributed by atoms with Crippen molar-refractivity contribution in [2.24, 2.45) is 0 Å². The van der Waals surface area contributed by atoms with E-state index >= 15 is 0 Å². The average Bonchev–Trinajstić information content (AvgIpc) is 2.74. The molecule has 3 nitrogen and oxygen atoms in total. The predicted molar refractivity (Wildman–Crippen MR) is 144 cm³/mol. The van der Waals surface area contributed by atoms with Crippen LogP contribution in [0, 0.1) is 13.8 Å². The van der Waals surface area contributed by atoms with E-state index in [1.807, 2.05) is 18.2 Å². The van der Waals surface area contributed by atoms with E-state index in [1.54, 1.807) is 0 Å². The standard InChI is InChI=1S/C29H43O3P.Li.H/c1-8-10-12-16-31-24-14-15-26(25(20-24)32-17-13-11-9-2)33-28(30)27-21(3)18-23(19-22(27)4)29(5,6)7;;/h14-15,18-20,33H,8-13,16-17H2,1-7H3;;/q;+1;-1. The van der Waals surface area contributed by atoms with Gasteiger partial charge in [-0.15, -0.1) is 0 Å². The van der Waals surface area contributed by atoms with Gasteiger partial charge in [-0.2, -0.15) is 0 Å². The van der Waals surface area contributed by atoms with Crippen molar-refractivity contribution in [3.8, 4) is 11.5 Å². The molecule has 0 aromatic heterocycles. The molecular weight excluding hydrogens is 434 g/mol. The number of carbonyl (C=O) groups is 1. The molecule has 1 unspecified atom stereocenters. The molecule has 0 amide bonds. The Morgan fingerprint density at radius 1 is 0.882 bits per heavy atom. The number of carbonyl (C=O) groups excluding carboxylic acids is 1. The number of unbranched alkanes of at least 4 members (excludes halogenated alkanes) is 4. The SMILES string of the molecule is CCCCCOc1ccc(PC(=O)c2c(C)cc(C(C)(C)C)cc2C)c(OCCCCC)c1.[H-].[Li+]. The maximum Gasteiger partial charge on any atom is 1.00 e. The number of hydrogen-bond acceptors (Lipinski definition) is 3. The molecule has 0 aliphatic heterocycles. The number of benzene rings is 2. The number of rotatable bonds is 13. The van der Waals surface area contributed by atoms with Gasteiger partial charge in [0, 0.05) is 16.9 Å². The van der Waals surface area contributed by atoms with Crippen molar-refractivity contribution < 1.29 is 34.6 Å². The van der Waals surface area contributed by atoms with Gasteiger partial charge in [-0.05, 0) is 69.5 Å². The van der Waals surface area contributed by atoms with Crippen LogP contribution in [0.3, 0.4) is 0 Å². The fourth-order valence-electron chi connectivity index (χ4n) is 3.83. The number of ether oxygens (including phenoxy) is 2. The summed E-state index contributed by atoms with van der Waals surface area (Å²) >= 11 is 0. The second-order valence-corrected chi connectivity index (χ2v) is 11.2. The summed E-state index contributed by atoms with van der Waals surface area (Å²) in [5, 5.41) is 0.955. The summed E-state index contributed by atoms with van der Waals surface area (Å²) in [6.07, 6.45) is 6.70. The average molecular weight is 479 g/mol. The van der Waals surface area contributed by atoms with Gasteiger partial charge in [0.25, 0.3) is 0 Å². The van der Waals surface area contributed by atoms with Crippen LogP contribution in [0.2, 0.25) is 0 Å². The van der Waals surface area contributed by atoms with Crippen molar-refractivity contribution in [3.63, 3.8) is 0 Å². The van der Waals surface area contributed by atoms with Gasteiger partial charge in [-0.3, -0.25) is 4.79 Å². The minimum absolute atomic E-state index is 0. The predicted octanol–water partition coefficient (Wildman–Crippen LogP) is 5.00. The third-order valence-corrected chi connectivity index (χ3v) is 7.01. The molecule has 1 atom stereocenters. The van der Waals surface area contributed by atoms with Crippen LogP contribution in [0.1, 0.15) is 102 Å². The van der Waals surface area contributed by atoms with Crippen LogP contribution < -0.4 is 33.6 Å². The molecule has 2 rings (SSSR count). The first-order valence-electron chi connectivity index (χ1n) is 12.5. The molecule has 0 radical (unpaired) electrons. The molecular formula is C29H44LiO3P. The molecule has 0 fully saturated rings. The minimum Gasteiger partial charge on any atom is -1.00 e. The van der Waals surface area contributed by atoms with Crippen LogP contribution in [-0.4, -0.2) is 18.7 Å². The van der Waals surface area contributed by atoms with Gasteiger partial charge in [0.2, 0.25) is 0 Å². The molecule has 0 spiro atoms.